The summed E-state index contributed by atoms with van der Waals surface area (Å²) in [6.07, 6.45) is 0. The van der Waals surface area contributed by atoms with Gasteiger partial charge in [-0.2, -0.15) is 0 Å². The third kappa shape index (κ3) is 1.59. The summed E-state index contributed by atoms with van der Waals surface area (Å²) in [5, 5.41) is 8.76. The van der Waals surface area contributed by atoms with Crippen LogP contribution in [0.4, 0.5) is 0 Å². The van der Waals surface area contributed by atoms with E-state index in [1.165, 1.54) is 19.1 Å². The number of carbonyl (C=O) groups excluding carboxylic acids is 1. The lowest BCUT2D eigenvalue weighted by Crippen LogP contribution is -1.95. The Labute approximate surface area is 84.8 Å². The second-order valence-electron chi connectivity index (χ2n) is 3.18. The van der Waals surface area contributed by atoms with Crippen LogP contribution < -0.4 is 0 Å². The molecule has 2 N–H and O–H groups in total. The topological polar surface area (TPSA) is 83.1 Å². The predicted octanol–water partition coefficient (Wildman–Crippen LogP) is 1.46. The summed E-state index contributed by atoms with van der Waals surface area (Å²) in [5.74, 6) is -0.938. The van der Waals surface area contributed by atoms with Gasteiger partial charge in [-0.25, -0.2) is 9.78 Å². The van der Waals surface area contributed by atoms with Crippen molar-refractivity contribution in [2.45, 2.75) is 6.92 Å². The number of benzene rings is 1. The first kappa shape index (κ1) is 9.39. The Hall–Kier alpha value is -2.17. The van der Waals surface area contributed by atoms with Crippen molar-refractivity contribution in [1.29, 1.82) is 0 Å². The van der Waals surface area contributed by atoms with Crippen molar-refractivity contribution in [3.8, 4) is 0 Å². The van der Waals surface area contributed by atoms with Gasteiger partial charge in [-0.3, -0.25) is 4.79 Å². The molecule has 0 fully saturated rings. The molecule has 2 rings (SSSR count). The quantitative estimate of drug-likeness (QED) is 0.725. The molecule has 0 amide bonds. The standard InChI is InChI=1S/C10H8N2O3/c1-5(13)9-11-7-3-2-6(10(14)15)4-8(7)12-9/h2-4H,1H3,(H,11,12)(H,14,15). The number of aromatic amines is 1. The molecule has 0 aliphatic heterocycles. The van der Waals surface area contributed by atoms with E-state index < -0.39 is 5.97 Å². The number of nitrogens with zero attached hydrogens (tertiary/aromatic N) is 1. The van der Waals surface area contributed by atoms with Gasteiger partial charge in [0.25, 0.3) is 0 Å². The second-order valence-corrected chi connectivity index (χ2v) is 3.18. The van der Waals surface area contributed by atoms with Crippen LogP contribution in [-0.2, 0) is 0 Å². The molecule has 0 aliphatic rings. The summed E-state index contributed by atoms with van der Waals surface area (Å²) >= 11 is 0. The van der Waals surface area contributed by atoms with Crippen LogP contribution in [0.2, 0.25) is 0 Å². The SMILES string of the molecule is CC(=O)c1nc2ccc(C(=O)O)cc2[nH]1. The Morgan fingerprint density at radius 2 is 2.13 bits per heavy atom. The molecule has 0 atom stereocenters. The minimum Gasteiger partial charge on any atom is -0.478 e. The molecule has 0 aliphatic carbocycles. The summed E-state index contributed by atoms with van der Waals surface area (Å²) in [7, 11) is 0. The highest BCUT2D eigenvalue weighted by Crippen LogP contribution is 2.14. The van der Waals surface area contributed by atoms with Crippen LogP contribution in [0.15, 0.2) is 18.2 Å². The Morgan fingerprint density at radius 3 is 2.73 bits per heavy atom. The van der Waals surface area contributed by atoms with Crippen molar-refractivity contribution >= 4 is 22.8 Å². The van der Waals surface area contributed by atoms with Crippen LogP contribution in [0.5, 0.6) is 0 Å². The van der Waals surface area contributed by atoms with Crippen molar-refractivity contribution in [1.82, 2.24) is 9.97 Å². The van der Waals surface area contributed by atoms with Gasteiger partial charge in [0.15, 0.2) is 11.6 Å². The molecule has 15 heavy (non-hydrogen) atoms. The van der Waals surface area contributed by atoms with Gasteiger partial charge in [-0.15, -0.1) is 0 Å². The molecule has 1 aromatic heterocycles. The fourth-order valence-corrected chi connectivity index (χ4v) is 1.31. The van der Waals surface area contributed by atoms with Crippen LogP contribution in [0, 0.1) is 0 Å². The molecule has 2 aromatic rings. The summed E-state index contributed by atoms with van der Waals surface area (Å²) < 4.78 is 0. The van der Waals surface area contributed by atoms with Crippen LogP contribution in [0.1, 0.15) is 27.9 Å². The average molecular weight is 204 g/mol. The van der Waals surface area contributed by atoms with E-state index in [-0.39, 0.29) is 17.2 Å². The summed E-state index contributed by atoms with van der Waals surface area (Å²) in [4.78, 5) is 28.5. The highest BCUT2D eigenvalue weighted by molar-refractivity contribution is 5.96. The minimum absolute atomic E-state index is 0.168. The molecule has 76 valence electrons. The minimum atomic E-state index is -1.00. The highest BCUT2D eigenvalue weighted by Gasteiger charge is 2.09. The predicted molar refractivity (Wildman–Crippen MR) is 53.1 cm³/mol. The maximum atomic E-state index is 11.0. The lowest BCUT2D eigenvalue weighted by Gasteiger charge is -1.92. The zero-order chi connectivity index (χ0) is 11.0. The van der Waals surface area contributed by atoms with Crippen molar-refractivity contribution in [3.05, 3.63) is 29.6 Å². The number of hydrogen-bond donors (Lipinski definition) is 2. The van der Waals surface area contributed by atoms with E-state index in [1.807, 2.05) is 0 Å². The number of ketones is 1. The molecule has 5 heteroatoms. The zero-order valence-electron chi connectivity index (χ0n) is 7.94. The lowest BCUT2D eigenvalue weighted by molar-refractivity contribution is 0.0697. The van der Waals surface area contributed by atoms with Gasteiger partial charge in [0.05, 0.1) is 16.6 Å². The van der Waals surface area contributed by atoms with E-state index in [4.69, 9.17) is 5.11 Å². The number of carbonyl (C=O) groups is 2. The van der Waals surface area contributed by atoms with Crippen LogP contribution in [0.3, 0.4) is 0 Å². The van der Waals surface area contributed by atoms with Crippen molar-refractivity contribution in [3.63, 3.8) is 0 Å². The maximum Gasteiger partial charge on any atom is 0.335 e. The summed E-state index contributed by atoms with van der Waals surface area (Å²) in [5.41, 5.74) is 1.31. The Morgan fingerprint density at radius 1 is 1.40 bits per heavy atom. The zero-order valence-corrected chi connectivity index (χ0v) is 7.94. The van der Waals surface area contributed by atoms with Gasteiger partial charge >= 0.3 is 5.97 Å². The molecule has 0 saturated heterocycles. The van der Waals surface area contributed by atoms with Gasteiger partial charge in [-0.1, -0.05) is 0 Å². The first-order chi connectivity index (χ1) is 7.08. The molecule has 0 unspecified atom stereocenters. The van der Waals surface area contributed by atoms with Crippen LogP contribution in [-0.4, -0.2) is 26.8 Å². The number of Topliss-reactive ketones (excluding diaryl/α,β-unsaturated/α-hetero) is 1. The smallest absolute Gasteiger partial charge is 0.335 e. The molecule has 0 spiro atoms. The molecule has 0 bridgehead atoms. The number of aromatic carboxylic acids is 1. The van der Waals surface area contributed by atoms with E-state index >= 15 is 0 Å². The molecule has 1 aromatic carbocycles. The van der Waals surface area contributed by atoms with Crippen LogP contribution >= 0.6 is 0 Å². The molecule has 0 radical (unpaired) electrons. The molecule has 0 saturated carbocycles. The first-order valence-corrected chi connectivity index (χ1v) is 4.32. The normalized spacial score (nSPS) is 10.5. The van der Waals surface area contributed by atoms with Crippen molar-refractivity contribution < 1.29 is 14.7 Å². The van der Waals surface area contributed by atoms with Crippen molar-refractivity contribution in [2.24, 2.45) is 0 Å². The Balaban J connectivity index is 2.62. The number of carboxylic acids is 1. The third-order valence-corrected chi connectivity index (χ3v) is 2.06. The number of imidazole rings is 1. The van der Waals surface area contributed by atoms with Gasteiger partial charge in [-0.05, 0) is 18.2 Å². The number of rotatable bonds is 2. The maximum absolute atomic E-state index is 11.0. The number of hydrogen-bond acceptors (Lipinski definition) is 3. The van der Waals surface area contributed by atoms with Gasteiger partial charge in [0.1, 0.15) is 0 Å². The number of fused-ring (bicyclic) bond motifs is 1. The molecule has 5 nitrogen and oxygen atoms in total. The Bertz CT molecular complexity index is 545. The van der Waals surface area contributed by atoms with E-state index in [2.05, 4.69) is 9.97 Å². The average Bonchev–Trinajstić information content (AvgIpc) is 2.59. The third-order valence-electron chi connectivity index (χ3n) is 2.06. The fourth-order valence-electron chi connectivity index (χ4n) is 1.31. The van der Waals surface area contributed by atoms with Crippen LogP contribution in [0.25, 0.3) is 11.0 Å². The van der Waals surface area contributed by atoms with E-state index in [0.717, 1.165) is 0 Å². The first-order valence-electron chi connectivity index (χ1n) is 4.32. The molecular weight excluding hydrogens is 196 g/mol. The number of H-pyrrole nitrogens is 1. The lowest BCUT2D eigenvalue weighted by atomic mass is 10.2. The molecule has 1 heterocycles. The number of aromatic nitrogens is 2. The van der Waals surface area contributed by atoms with Gasteiger partial charge in [0, 0.05) is 6.92 Å². The van der Waals surface area contributed by atoms with E-state index in [9.17, 15) is 9.59 Å². The van der Waals surface area contributed by atoms with E-state index in [1.54, 1.807) is 6.07 Å². The monoisotopic (exact) mass is 204 g/mol. The van der Waals surface area contributed by atoms with Gasteiger partial charge in [0.2, 0.25) is 0 Å². The Kier molecular flexibility index (Phi) is 2.00. The second kappa shape index (κ2) is 3.20. The van der Waals surface area contributed by atoms with Crippen molar-refractivity contribution in [2.75, 3.05) is 0 Å². The summed E-state index contributed by atoms with van der Waals surface area (Å²) in [6.45, 7) is 1.40. The van der Waals surface area contributed by atoms with E-state index in [0.29, 0.717) is 11.0 Å². The number of carboxylic acid groups (broad SMARTS) is 1. The molecular formula is C10H8N2O3. The highest BCUT2D eigenvalue weighted by atomic mass is 16.4. The summed E-state index contributed by atoms with van der Waals surface area (Å²) in [6, 6.07) is 4.48. The fraction of sp³-hybridized carbons (Fsp3) is 0.100. The van der Waals surface area contributed by atoms with Gasteiger partial charge < -0.3 is 10.1 Å². The number of nitrogens with one attached hydrogen (secondary N) is 1. The largest absolute Gasteiger partial charge is 0.478 e.